The number of fused-ring (bicyclic) bond motifs is 1. The molecule has 0 aliphatic heterocycles. The van der Waals surface area contributed by atoms with Crippen LogP contribution >= 0.6 is 11.3 Å². The number of sulfonamides is 1. The molecule has 2 aromatic carbocycles. The largest absolute Gasteiger partial charge is 0.493 e. The number of nitrogens with zero attached hydrogens (tertiary/aromatic N) is 1. The molecule has 0 spiro atoms. The molecule has 1 N–H and O–H groups in total. The number of methoxy groups -OCH3 is 2. The average Bonchev–Trinajstić information content (AvgIpc) is 3.26. The lowest BCUT2D eigenvalue weighted by atomic mass is 10.2. The lowest BCUT2D eigenvalue weighted by Gasteiger charge is -2.20. The van der Waals surface area contributed by atoms with Crippen molar-refractivity contribution in [2.45, 2.75) is 18.2 Å². The van der Waals surface area contributed by atoms with E-state index in [4.69, 9.17) is 14.2 Å². The maximum atomic E-state index is 13.2. The van der Waals surface area contributed by atoms with Gasteiger partial charge in [0.05, 0.1) is 29.7 Å². The Morgan fingerprint density at radius 2 is 1.82 bits per heavy atom. The van der Waals surface area contributed by atoms with Crippen molar-refractivity contribution in [2.24, 2.45) is 0 Å². The van der Waals surface area contributed by atoms with Crippen LogP contribution in [0.5, 0.6) is 11.5 Å². The Hall–Kier alpha value is -2.82. The summed E-state index contributed by atoms with van der Waals surface area (Å²) in [6, 6.07) is 11.5. The molecule has 0 atom stereocenters. The van der Waals surface area contributed by atoms with Crippen molar-refractivity contribution in [3.63, 3.8) is 0 Å². The van der Waals surface area contributed by atoms with Crippen molar-refractivity contribution in [2.75, 3.05) is 45.3 Å². The normalized spacial score (nSPS) is 11.4. The van der Waals surface area contributed by atoms with Gasteiger partial charge in [0.1, 0.15) is 0 Å². The number of benzene rings is 2. The highest BCUT2D eigenvalue weighted by molar-refractivity contribution is 7.92. The summed E-state index contributed by atoms with van der Waals surface area (Å²) in [5, 5.41) is 3.68. The zero-order valence-corrected chi connectivity index (χ0v) is 20.7. The molecular formula is C23H28N2O6S2. The van der Waals surface area contributed by atoms with Gasteiger partial charge in [-0.3, -0.25) is 9.10 Å². The Balaban J connectivity index is 1.80. The number of nitrogens with one attached hydrogen (secondary N) is 1. The van der Waals surface area contributed by atoms with Crippen LogP contribution in [0.25, 0.3) is 10.1 Å². The highest BCUT2D eigenvalue weighted by Gasteiger charge is 2.23. The Morgan fingerprint density at radius 3 is 2.52 bits per heavy atom. The second kappa shape index (κ2) is 10.9. The van der Waals surface area contributed by atoms with E-state index in [9.17, 15) is 13.2 Å². The zero-order valence-electron chi connectivity index (χ0n) is 19.1. The molecule has 0 saturated carbocycles. The summed E-state index contributed by atoms with van der Waals surface area (Å²) in [6.45, 7) is 3.72. The van der Waals surface area contributed by atoms with Gasteiger partial charge in [-0.2, -0.15) is 0 Å². The first kappa shape index (κ1) is 24.8. The fourth-order valence-electron chi connectivity index (χ4n) is 3.22. The van der Waals surface area contributed by atoms with Crippen molar-refractivity contribution in [3.05, 3.63) is 47.3 Å². The minimum absolute atomic E-state index is 0.0835. The molecule has 10 heteroatoms. The topological polar surface area (TPSA) is 94.2 Å². The molecule has 0 saturated heterocycles. The number of hydrogen-bond donors (Lipinski definition) is 1. The second-order valence-electron chi connectivity index (χ2n) is 7.13. The summed E-state index contributed by atoms with van der Waals surface area (Å²) in [6.07, 6.45) is 0.743. The number of ether oxygens (including phenoxy) is 3. The molecular weight excluding hydrogens is 464 g/mol. The molecule has 1 heterocycles. The molecule has 1 aromatic heterocycles. The molecule has 8 nitrogen and oxygen atoms in total. The van der Waals surface area contributed by atoms with E-state index in [1.165, 1.54) is 49.0 Å². The summed E-state index contributed by atoms with van der Waals surface area (Å²) in [4.78, 5) is 13.1. The molecule has 0 aliphatic rings. The van der Waals surface area contributed by atoms with Gasteiger partial charge >= 0.3 is 0 Å². The number of carbonyl (C=O) groups excluding carboxylic acids is 1. The van der Waals surface area contributed by atoms with Gasteiger partial charge in [-0.1, -0.05) is 0 Å². The summed E-state index contributed by atoms with van der Waals surface area (Å²) in [7, 11) is 0.597. The summed E-state index contributed by atoms with van der Waals surface area (Å²) < 4.78 is 44.2. The average molecular weight is 493 g/mol. The van der Waals surface area contributed by atoms with Crippen molar-refractivity contribution >= 4 is 43.0 Å². The maximum Gasteiger partial charge on any atom is 0.264 e. The fraction of sp³-hybridized carbons (Fsp3) is 0.348. The number of amides is 1. The van der Waals surface area contributed by atoms with Crippen LogP contribution in [-0.2, 0) is 14.8 Å². The smallest absolute Gasteiger partial charge is 0.264 e. The van der Waals surface area contributed by atoms with E-state index in [0.29, 0.717) is 41.8 Å². The van der Waals surface area contributed by atoms with Gasteiger partial charge in [0, 0.05) is 37.6 Å². The summed E-state index contributed by atoms with van der Waals surface area (Å²) in [5.74, 6) is 0.625. The molecule has 0 aliphatic carbocycles. The predicted molar refractivity (Wildman–Crippen MR) is 130 cm³/mol. The standard InChI is InChI=1S/C23H28N2O6S2/c1-5-31-12-6-11-24-23(26)22-14-16-13-17(7-10-21(16)32-22)25(2)33(27,28)18-8-9-19(29-3)20(15-18)30-4/h7-10,13-15H,5-6,11-12H2,1-4H3,(H,24,26). The molecule has 3 aromatic rings. The van der Waals surface area contributed by atoms with E-state index in [1.54, 1.807) is 24.3 Å². The lowest BCUT2D eigenvalue weighted by Crippen LogP contribution is -2.26. The van der Waals surface area contributed by atoms with Crippen molar-refractivity contribution in [1.29, 1.82) is 0 Å². The Bertz CT molecular complexity index is 1220. The molecule has 1 amide bonds. The predicted octanol–water partition coefficient (Wildman–Crippen LogP) is 3.90. The Kier molecular flexibility index (Phi) is 8.17. The molecule has 33 heavy (non-hydrogen) atoms. The molecule has 0 bridgehead atoms. The van der Waals surface area contributed by atoms with Crippen LogP contribution in [0.4, 0.5) is 5.69 Å². The highest BCUT2D eigenvalue weighted by Crippen LogP contribution is 2.34. The van der Waals surface area contributed by atoms with Gasteiger partial charge in [-0.05, 0) is 55.1 Å². The zero-order chi connectivity index (χ0) is 24.0. The summed E-state index contributed by atoms with van der Waals surface area (Å²) in [5.41, 5.74) is 0.485. The van der Waals surface area contributed by atoms with Gasteiger partial charge in [0.25, 0.3) is 15.9 Å². The van der Waals surface area contributed by atoms with Gasteiger partial charge < -0.3 is 19.5 Å². The van der Waals surface area contributed by atoms with Crippen LogP contribution in [0.15, 0.2) is 47.4 Å². The van der Waals surface area contributed by atoms with Crippen LogP contribution in [-0.4, -0.2) is 55.4 Å². The number of carbonyl (C=O) groups is 1. The van der Waals surface area contributed by atoms with E-state index < -0.39 is 10.0 Å². The Morgan fingerprint density at radius 1 is 1.06 bits per heavy atom. The fourth-order valence-corrected chi connectivity index (χ4v) is 5.38. The number of thiophene rings is 1. The highest BCUT2D eigenvalue weighted by atomic mass is 32.2. The third-order valence-corrected chi connectivity index (χ3v) is 7.95. The minimum atomic E-state index is -3.84. The molecule has 0 unspecified atom stereocenters. The van der Waals surface area contributed by atoms with Gasteiger partial charge in [-0.15, -0.1) is 11.3 Å². The monoisotopic (exact) mass is 492 g/mol. The third kappa shape index (κ3) is 5.58. The first-order chi connectivity index (χ1) is 15.8. The van der Waals surface area contributed by atoms with E-state index >= 15 is 0 Å². The van der Waals surface area contributed by atoms with Gasteiger partial charge in [0.15, 0.2) is 11.5 Å². The van der Waals surface area contributed by atoms with Gasteiger partial charge in [-0.25, -0.2) is 8.42 Å². The van der Waals surface area contributed by atoms with E-state index in [2.05, 4.69) is 5.32 Å². The van der Waals surface area contributed by atoms with Crippen molar-refractivity contribution < 1.29 is 27.4 Å². The van der Waals surface area contributed by atoms with Crippen LogP contribution in [0, 0.1) is 0 Å². The SMILES string of the molecule is CCOCCCNC(=O)c1cc2cc(N(C)S(=O)(=O)c3ccc(OC)c(OC)c3)ccc2s1. The molecule has 3 rings (SSSR count). The van der Waals surface area contributed by atoms with Crippen LogP contribution < -0.4 is 19.1 Å². The minimum Gasteiger partial charge on any atom is -0.493 e. The molecule has 0 radical (unpaired) electrons. The first-order valence-corrected chi connectivity index (χ1v) is 12.7. The van der Waals surface area contributed by atoms with Crippen molar-refractivity contribution in [1.82, 2.24) is 5.32 Å². The quantitative estimate of drug-likeness (QED) is 0.408. The van der Waals surface area contributed by atoms with E-state index in [1.807, 2.05) is 13.0 Å². The second-order valence-corrected chi connectivity index (χ2v) is 10.2. The summed E-state index contributed by atoms with van der Waals surface area (Å²) >= 11 is 1.37. The van der Waals surface area contributed by atoms with Crippen LogP contribution in [0.3, 0.4) is 0 Å². The molecule has 0 fully saturated rings. The van der Waals surface area contributed by atoms with E-state index in [-0.39, 0.29) is 10.8 Å². The van der Waals surface area contributed by atoms with E-state index in [0.717, 1.165) is 16.5 Å². The Labute approximate surface area is 198 Å². The number of hydrogen-bond acceptors (Lipinski definition) is 7. The third-order valence-electron chi connectivity index (χ3n) is 5.06. The molecule has 178 valence electrons. The van der Waals surface area contributed by atoms with Crippen LogP contribution in [0.1, 0.15) is 23.0 Å². The maximum absolute atomic E-state index is 13.2. The number of anilines is 1. The lowest BCUT2D eigenvalue weighted by molar-refractivity contribution is 0.0948. The first-order valence-electron chi connectivity index (χ1n) is 10.4. The number of rotatable bonds is 11. The van der Waals surface area contributed by atoms with Crippen LogP contribution in [0.2, 0.25) is 0 Å². The van der Waals surface area contributed by atoms with Crippen molar-refractivity contribution in [3.8, 4) is 11.5 Å². The van der Waals surface area contributed by atoms with Gasteiger partial charge in [0.2, 0.25) is 0 Å².